The standard InChI is InChI=1S/C24H25BrN6O2/c1-24(2,3)33-23(32)31-9-5-7-15(13-31)21-17(11-27)19(18-12-28-30-22(18)29-21)16-8-4-6-14(10-26)20(16)25/h4,6,8,12,15,19H,5,7,9,13H2,1-3H3,(H2,28,29,30). The lowest BCUT2D eigenvalue weighted by Gasteiger charge is -2.37. The molecule has 1 amide bonds. The van der Waals surface area contributed by atoms with Crippen LogP contribution in [0.15, 0.2) is 40.1 Å². The minimum absolute atomic E-state index is 0.0576. The Morgan fingerprint density at radius 2 is 2.06 bits per heavy atom. The molecule has 3 heterocycles. The van der Waals surface area contributed by atoms with Crippen LogP contribution in [0.4, 0.5) is 10.6 Å². The second kappa shape index (κ2) is 8.92. The predicted molar refractivity (Wildman–Crippen MR) is 126 cm³/mol. The molecule has 9 heteroatoms. The number of aromatic amines is 1. The third-order valence-electron chi connectivity index (χ3n) is 5.88. The average molecular weight is 509 g/mol. The maximum Gasteiger partial charge on any atom is 0.410 e. The molecule has 1 aromatic carbocycles. The fraction of sp³-hybridized carbons (Fsp3) is 0.417. The van der Waals surface area contributed by atoms with Gasteiger partial charge >= 0.3 is 6.09 Å². The molecule has 1 aromatic heterocycles. The highest BCUT2D eigenvalue weighted by molar-refractivity contribution is 9.10. The molecule has 1 fully saturated rings. The zero-order chi connectivity index (χ0) is 23.8. The van der Waals surface area contributed by atoms with Gasteiger partial charge in [0, 0.05) is 34.7 Å². The Hall–Kier alpha value is -3.30. The highest BCUT2D eigenvalue weighted by Gasteiger charge is 2.37. The molecule has 2 aliphatic rings. The van der Waals surface area contributed by atoms with Gasteiger partial charge in [0.25, 0.3) is 0 Å². The number of rotatable bonds is 2. The molecule has 1 saturated heterocycles. The van der Waals surface area contributed by atoms with Crippen molar-refractivity contribution in [3.05, 3.63) is 56.8 Å². The Labute approximate surface area is 201 Å². The molecule has 2 aliphatic heterocycles. The van der Waals surface area contributed by atoms with E-state index in [9.17, 15) is 15.3 Å². The molecule has 4 rings (SSSR count). The first-order chi connectivity index (χ1) is 15.7. The third-order valence-corrected chi connectivity index (χ3v) is 6.77. The van der Waals surface area contributed by atoms with Crippen LogP contribution in [0.5, 0.6) is 0 Å². The van der Waals surface area contributed by atoms with Gasteiger partial charge in [-0.2, -0.15) is 15.6 Å². The van der Waals surface area contributed by atoms with Crippen LogP contribution >= 0.6 is 15.9 Å². The summed E-state index contributed by atoms with van der Waals surface area (Å²) >= 11 is 3.57. The molecule has 2 atom stereocenters. The molecular weight excluding hydrogens is 484 g/mol. The summed E-state index contributed by atoms with van der Waals surface area (Å²) in [6, 6.07) is 10.1. The number of fused-ring (bicyclic) bond motifs is 1. The number of nitriles is 2. The monoisotopic (exact) mass is 508 g/mol. The minimum atomic E-state index is -0.571. The second-order valence-electron chi connectivity index (χ2n) is 9.28. The van der Waals surface area contributed by atoms with E-state index < -0.39 is 5.60 Å². The SMILES string of the molecule is CC(C)(C)OC(=O)N1CCCC(C2=C(C#N)C(c3cccc(C#N)c3Br)c3cn[nH]c3N2)C1. The fourth-order valence-electron chi connectivity index (χ4n) is 4.46. The Morgan fingerprint density at radius 1 is 1.27 bits per heavy atom. The number of allylic oxidation sites excluding steroid dienone is 1. The zero-order valence-corrected chi connectivity index (χ0v) is 20.4. The van der Waals surface area contributed by atoms with E-state index in [1.807, 2.05) is 32.9 Å². The average Bonchev–Trinajstić information content (AvgIpc) is 3.25. The van der Waals surface area contributed by atoms with Gasteiger partial charge in [0.1, 0.15) is 17.5 Å². The summed E-state index contributed by atoms with van der Waals surface area (Å²) in [5, 5.41) is 30.3. The summed E-state index contributed by atoms with van der Waals surface area (Å²) in [4.78, 5) is 14.4. The molecule has 0 radical (unpaired) electrons. The predicted octanol–water partition coefficient (Wildman–Crippen LogP) is 5.03. The van der Waals surface area contributed by atoms with Crippen molar-refractivity contribution in [1.82, 2.24) is 15.1 Å². The number of carbonyl (C=O) groups is 1. The van der Waals surface area contributed by atoms with Gasteiger partial charge in [-0.1, -0.05) is 12.1 Å². The van der Waals surface area contributed by atoms with Gasteiger partial charge < -0.3 is 15.0 Å². The topological polar surface area (TPSA) is 118 Å². The van der Waals surface area contributed by atoms with Crippen LogP contribution in [0, 0.1) is 28.6 Å². The van der Waals surface area contributed by atoms with Crippen molar-refractivity contribution < 1.29 is 9.53 Å². The molecule has 0 saturated carbocycles. The van der Waals surface area contributed by atoms with Gasteiger partial charge in [0.05, 0.1) is 29.3 Å². The highest BCUT2D eigenvalue weighted by atomic mass is 79.9. The largest absolute Gasteiger partial charge is 0.444 e. The van der Waals surface area contributed by atoms with Gasteiger partial charge in [-0.25, -0.2) is 4.79 Å². The van der Waals surface area contributed by atoms with Crippen LogP contribution in [0.2, 0.25) is 0 Å². The number of ether oxygens (including phenoxy) is 1. The van der Waals surface area contributed by atoms with Crippen LogP contribution < -0.4 is 5.32 Å². The number of anilines is 1. The van der Waals surface area contributed by atoms with E-state index >= 15 is 0 Å². The van der Waals surface area contributed by atoms with E-state index in [0.717, 1.165) is 35.5 Å². The number of benzene rings is 1. The smallest absolute Gasteiger partial charge is 0.410 e. The molecule has 170 valence electrons. The molecule has 2 unspecified atom stereocenters. The number of hydrogen-bond donors (Lipinski definition) is 2. The lowest BCUT2D eigenvalue weighted by molar-refractivity contribution is 0.0182. The number of carbonyl (C=O) groups excluding carboxylic acids is 1. The van der Waals surface area contributed by atoms with Crippen molar-refractivity contribution in [2.75, 3.05) is 18.4 Å². The molecule has 0 aliphatic carbocycles. The minimum Gasteiger partial charge on any atom is -0.444 e. The Bertz CT molecular complexity index is 1200. The molecule has 2 N–H and O–H groups in total. The maximum absolute atomic E-state index is 12.7. The molecular formula is C24H25BrN6O2. The highest BCUT2D eigenvalue weighted by Crippen LogP contribution is 2.45. The number of nitrogens with zero attached hydrogens (tertiary/aromatic N) is 4. The number of hydrogen-bond acceptors (Lipinski definition) is 6. The number of nitrogens with one attached hydrogen (secondary N) is 2. The number of H-pyrrole nitrogens is 1. The van der Waals surface area contributed by atoms with Gasteiger partial charge in [0.15, 0.2) is 0 Å². The number of halogens is 1. The maximum atomic E-state index is 12.7. The van der Waals surface area contributed by atoms with Crippen molar-refractivity contribution in [2.45, 2.75) is 45.1 Å². The van der Waals surface area contributed by atoms with E-state index in [0.29, 0.717) is 28.7 Å². The summed E-state index contributed by atoms with van der Waals surface area (Å²) < 4.78 is 6.24. The number of aromatic nitrogens is 2. The van der Waals surface area contributed by atoms with E-state index in [-0.39, 0.29) is 17.9 Å². The molecule has 33 heavy (non-hydrogen) atoms. The van der Waals surface area contributed by atoms with Crippen LogP contribution in [0.1, 0.15) is 56.2 Å². The fourth-order valence-corrected chi connectivity index (χ4v) is 5.04. The van der Waals surface area contributed by atoms with E-state index in [2.05, 4.69) is 43.6 Å². The van der Waals surface area contributed by atoms with Crippen LogP contribution in [-0.4, -0.2) is 39.9 Å². The number of likely N-dealkylation sites (tertiary alicyclic amines) is 1. The Balaban J connectivity index is 1.74. The number of amides is 1. The molecule has 2 aromatic rings. The quantitative estimate of drug-likeness (QED) is 0.587. The van der Waals surface area contributed by atoms with E-state index in [4.69, 9.17) is 4.74 Å². The Morgan fingerprint density at radius 3 is 2.76 bits per heavy atom. The van der Waals surface area contributed by atoms with Crippen LogP contribution in [0.3, 0.4) is 0 Å². The zero-order valence-electron chi connectivity index (χ0n) is 18.8. The van der Waals surface area contributed by atoms with Crippen LogP contribution in [-0.2, 0) is 4.74 Å². The van der Waals surface area contributed by atoms with Gasteiger partial charge in [-0.15, -0.1) is 0 Å². The van der Waals surface area contributed by atoms with Crippen molar-refractivity contribution in [2.24, 2.45) is 5.92 Å². The summed E-state index contributed by atoms with van der Waals surface area (Å²) in [5.74, 6) is 0.273. The first-order valence-corrected chi connectivity index (χ1v) is 11.6. The van der Waals surface area contributed by atoms with E-state index in [1.165, 1.54) is 0 Å². The Kier molecular flexibility index (Phi) is 6.18. The molecule has 0 spiro atoms. The summed E-state index contributed by atoms with van der Waals surface area (Å²) in [6.45, 7) is 6.63. The van der Waals surface area contributed by atoms with Gasteiger partial charge in [-0.3, -0.25) is 5.10 Å². The summed E-state index contributed by atoms with van der Waals surface area (Å²) in [5.41, 5.74) is 2.94. The van der Waals surface area contributed by atoms with Crippen molar-refractivity contribution in [3.8, 4) is 12.1 Å². The second-order valence-corrected chi connectivity index (χ2v) is 10.1. The van der Waals surface area contributed by atoms with Crippen molar-refractivity contribution in [1.29, 1.82) is 10.5 Å². The normalized spacial score (nSPS) is 20.4. The lowest BCUT2D eigenvalue weighted by atomic mass is 9.79. The van der Waals surface area contributed by atoms with Crippen molar-refractivity contribution in [3.63, 3.8) is 0 Å². The summed E-state index contributed by atoms with van der Waals surface area (Å²) in [7, 11) is 0. The van der Waals surface area contributed by atoms with Crippen LogP contribution in [0.25, 0.3) is 0 Å². The molecule has 0 bridgehead atoms. The van der Waals surface area contributed by atoms with Crippen molar-refractivity contribution >= 4 is 27.8 Å². The third kappa shape index (κ3) is 4.46. The summed E-state index contributed by atoms with van der Waals surface area (Å²) in [6.07, 6.45) is 3.01. The van der Waals surface area contributed by atoms with Gasteiger partial charge in [0.2, 0.25) is 0 Å². The molecule has 8 nitrogen and oxygen atoms in total. The number of piperidine rings is 1. The first kappa shape index (κ1) is 22.9. The lowest BCUT2D eigenvalue weighted by Crippen LogP contribution is -2.44. The van der Waals surface area contributed by atoms with Gasteiger partial charge in [-0.05, 0) is 61.2 Å². The first-order valence-electron chi connectivity index (χ1n) is 10.8. The van der Waals surface area contributed by atoms with E-state index in [1.54, 1.807) is 17.2 Å².